The smallest absolute Gasteiger partial charge is 0.326 e. The lowest BCUT2D eigenvalue weighted by Gasteiger charge is -2.23. The van der Waals surface area contributed by atoms with E-state index in [1.165, 1.54) is 6.92 Å². The van der Waals surface area contributed by atoms with Crippen LogP contribution in [-0.2, 0) is 25.6 Å². The van der Waals surface area contributed by atoms with Gasteiger partial charge in [-0.05, 0) is 37.3 Å². The van der Waals surface area contributed by atoms with Crippen LogP contribution in [0.2, 0.25) is 0 Å². The van der Waals surface area contributed by atoms with E-state index in [0.29, 0.717) is 0 Å². The van der Waals surface area contributed by atoms with Crippen LogP contribution in [0, 0.1) is 5.92 Å². The molecule has 11 heteroatoms. The molecule has 0 saturated heterocycles. The maximum atomic E-state index is 12.5. The van der Waals surface area contributed by atoms with Gasteiger partial charge in [-0.15, -0.1) is 0 Å². The molecule has 3 amide bonds. The summed E-state index contributed by atoms with van der Waals surface area (Å²) < 4.78 is 0. The van der Waals surface area contributed by atoms with Gasteiger partial charge in [0.05, 0.1) is 12.6 Å². The van der Waals surface area contributed by atoms with Crippen LogP contribution in [0.5, 0.6) is 0 Å². The molecular weight excluding hydrogens is 442 g/mol. The summed E-state index contributed by atoms with van der Waals surface area (Å²) in [5, 5.41) is 26.9. The number of H-pyrrole nitrogens is 1. The normalized spacial score (nSPS) is 14.8. The Morgan fingerprint density at radius 3 is 2.24 bits per heavy atom. The van der Waals surface area contributed by atoms with Crippen molar-refractivity contribution in [2.45, 2.75) is 57.8 Å². The largest absolute Gasteiger partial charge is 0.480 e. The first-order valence-electron chi connectivity index (χ1n) is 11.1. The Morgan fingerprint density at radius 1 is 0.971 bits per heavy atom. The van der Waals surface area contributed by atoms with Crippen molar-refractivity contribution < 1.29 is 29.4 Å². The Bertz CT molecular complexity index is 1020. The van der Waals surface area contributed by atoms with Crippen LogP contribution in [0.4, 0.5) is 0 Å². The van der Waals surface area contributed by atoms with E-state index in [0.717, 1.165) is 16.5 Å². The number of nitrogens with two attached hydrogens (primary N) is 1. The zero-order valence-electron chi connectivity index (χ0n) is 19.5. The molecule has 1 aromatic carbocycles. The van der Waals surface area contributed by atoms with Crippen molar-refractivity contribution in [2.24, 2.45) is 11.7 Å². The Hall–Kier alpha value is -3.44. The molecule has 0 bridgehead atoms. The number of rotatable bonds is 12. The van der Waals surface area contributed by atoms with Gasteiger partial charge in [-0.2, -0.15) is 0 Å². The molecule has 4 unspecified atom stereocenters. The number of fused-ring (bicyclic) bond motifs is 1. The van der Waals surface area contributed by atoms with E-state index < -0.39 is 54.5 Å². The minimum atomic E-state index is -1.37. The zero-order valence-corrected chi connectivity index (χ0v) is 19.5. The number of aliphatic hydroxyl groups is 1. The quantitative estimate of drug-likeness (QED) is 0.218. The SMILES string of the molecule is CC(C)CC(NC(=O)C(CO)NC(=O)C(C)NC(=O)C(N)Cc1c[nH]c2ccccc12)C(=O)O. The highest BCUT2D eigenvalue weighted by atomic mass is 16.4. The van der Waals surface area contributed by atoms with Crippen molar-refractivity contribution in [3.63, 3.8) is 0 Å². The average molecular weight is 476 g/mol. The van der Waals surface area contributed by atoms with E-state index in [9.17, 15) is 29.4 Å². The summed E-state index contributed by atoms with van der Waals surface area (Å²) in [7, 11) is 0. The van der Waals surface area contributed by atoms with Gasteiger partial charge >= 0.3 is 5.97 Å². The number of hydrogen-bond acceptors (Lipinski definition) is 6. The standard InChI is InChI=1S/C23H33N5O6/c1-12(2)8-18(23(33)34)27-22(32)19(11-29)28-20(30)13(3)26-21(31)16(24)9-14-10-25-17-7-5-4-6-15(14)17/h4-7,10,12-13,16,18-19,25,29H,8-9,11,24H2,1-3H3,(H,26,31)(H,27,32)(H,28,30)(H,33,34). The van der Waals surface area contributed by atoms with E-state index in [1.807, 2.05) is 24.3 Å². The summed E-state index contributed by atoms with van der Waals surface area (Å²) in [5.41, 5.74) is 7.81. The van der Waals surface area contributed by atoms with Crippen LogP contribution in [0.1, 0.15) is 32.8 Å². The van der Waals surface area contributed by atoms with Gasteiger partial charge in [-0.25, -0.2) is 4.79 Å². The molecule has 186 valence electrons. The summed E-state index contributed by atoms with van der Waals surface area (Å²) in [6, 6.07) is 3.10. The first-order chi connectivity index (χ1) is 16.0. The molecule has 0 spiro atoms. The van der Waals surface area contributed by atoms with Gasteiger partial charge in [0, 0.05) is 17.1 Å². The van der Waals surface area contributed by atoms with Crippen LogP contribution < -0.4 is 21.7 Å². The van der Waals surface area contributed by atoms with Gasteiger partial charge in [0.2, 0.25) is 17.7 Å². The van der Waals surface area contributed by atoms with Gasteiger partial charge < -0.3 is 36.9 Å². The maximum absolute atomic E-state index is 12.5. The highest BCUT2D eigenvalue weighted by Crippen LogP contribution is 2.18. The molecular formula is C23H33N5O6. The number of hydrogen-bond donors (Lipinski definition) is 7. The number of aromatic amines is 1. The Balaban J connectivity index is 1.92. The number of carbonyl (C=O) groups excluding carboxylic acids is 3. The molecule has 34 heavy (non-hydrogen) atoms. The average Bonchev–Trinajstić information content (AvgIpc) is 3.18. The van der Waals surface area contributed by atoms with Crippen molar-refractivity contribution >= 4 is 34.6 Å². The number of aliphatic carboxylic acids is 1. The van der Waals surface area contributed by atoms with Crippen molar-refractivity contribution in [2.75, 3.05) is 6.61 Å². The molecule has 2 aromatic rings. The number of benzene rings is 1. The van der Waals surface area contributed by atoms with Gasteiger partial charge in [-0.3, -0.25) is 14.4 Å². The van der Waals surface area contributed by atoms with E-state index in [2.05, 4.69) is 20.9 Å². The summed E-state index contributed by atoms with van der Waals surface area (Å²) >= 11 is 0. The Morgan fingerprint density at radius 2 is 1.62 bits per heavy atom. The number of nitrogens with one attached hydrogen (secondary N) is 4. The highest BCUT2D eigenvalue weighted by Gasteiger charge is 2.29. The first-order valence-corrected chi connectivity index (χ1v) is 11.1. The highest BCUT2D eigenvalue weighted by molar-refractivity contribution is 5.94. The minimum absolute atomic E-state index is 0.00673. The summed E-state index contributed by atoms with van der Waals surface area (Å²) in [5.74, 6) is -3.32. The van der Waals surface area contributed by atoms with Crippen LogP contribution in [-0.4, -0.2) is 69.7 Å². The molecule has 0 fully saturated rings. The second-order valence-electron chi connectivity index (χ2n) is 8.67. The predicted molar refractivity (Wildman–Crippen MR) is 126 cm³/mol. The fourth-order valence-electron chi connectivity index (χ4n) is 3.47. The summed E-state index contributed by atoms with van der Waals surface area (Å²) in [4.78, 5) is 51.8. The lowest BCUT2D eigenvalue weighted by molar-refractivity contribution is -0.143. The molecule has 11 nitrogen and oxygen atoms in total. The zero-order chi connectivity index (χ0) is 25.4. The number of aliphatic hydroxyl groups excluding tert-OH is 1. The van der Waals surface area contributed by atoms with E-state index in [-0.39, 0.29) is 18.8 Å². The van der Waals surface area contributed by atoms with Gasteiger partial charge in [0.15, 0.2) is 0 Å². The Labute approximate surface area is 197 Å². The second kappa shape index (κ2) is 12.1. The van der Waals surface area contributed by atoms with Crippen molar-refractivity contribution in [1.82, 2.24) is 20.9 Å². The van der Waals surface area contributed by atoms with E-state index >= 15 is 0 Å². The number of amides is 3. The molecule has 8 N–H and O–H groups in total. The summed E-state index contributed by atoms with van der Waals surface area (Å²) in [6.45, 7) is 4.28. The fraction of sp³-hybridized carbons (Fsp3) is 0.478. The molecule has 2 rings (SSSR count). The molecule has 0 aliphatic carbocycles. The molecule has 0 aliphatic rings. The lowest BCUT2D eigenvalue weighted by Crippen LogP contribution is -2.57. The van der Waals surface area contributed by atoms with Gasteiger partial charge in [-0.1, -0.05) is 32.0 Å². The lowest BCUT2D eigenvalue weighted by atomic mass is 10.0. The predicted octanol–water partition coefficient (Wildman–Crippen LogP) is -0.365. The van der Waals surface area contributed by atoms with Crippen LogP contribution in [0.3, 0.4) is 0 Å². The van der Waals surface area contributed by atoms with Crippen LogP contribution >= 0.6 is 0 Å². The maximum Gasteiger partial charge on any atom is 0.326 e. The molecule has 0 aliphatic heterocycles. The van der Waals surface area contributed by atoms with E-state index in [1.54, 1.807) is 20.0 Å². The number of carbonyl (C=O) groups is 4. The van der Waals surface area contributed by atoms with Crippen molar-refractivity contribution in [1.29, 1.82) is 0 Å². The monoisotopic (exact) mass is 475 g/mol. The Kier molecular flexibility index (Phi) is 9.58. The number of carboxylic acids is 1. The van der Waals surface area contributed by atoms with Crippen molar-refractivity contribution in [3.05, 3.63) is 36.0 Å². The third-order valence-electron chi connectivity index (χ3n) is 5.34. The number of aromatic nitrogens is 1. The topological polar surface area (TPSA) is 187 Å². The molecule has 1 aromatic heterocycles. The molecule has 0 saturated carbocycles. The molecule has 4 atom stereocenters. The summed E-state index contributed by atoms with van der Waals surface area (Å²) in [6.07, 6.45) is 2.22. The number of carboxylic acid groups (broad SMARTS) is 1. The van der Waals surface area contributed by atoms with Gasteiger partial charge in [0.25, 0.3) is 0 Å². The number of para-hydroxylation sites is 1. The van der Waals surface area contributed by atoms with Crippen molar-refractivity contribution in [3.8, 4) is 0 Å². The fourth-order valence-corrected chi connectivity index (χ4v) is 3.47. The van der Waals surface area contributed by atoms with Gasteiger partial charge in [0.1, 0.15) is 18.1 Å². The third-order valence-corrected chi connectivity index (χ3v) is 5.34. The molecule has 1 heterocycles. The van der Waals surface area contributed by atoms with Crippen LogP contribution in [0.25, 0.3) is 10.9 Å². The van der Waals surface area contributed by atoms with Crippen LogP contribution in [0.15, 0.2) is 30.5 Å². The minimum Gasteiger partial charge on any atom is -0.480 e. The second-order valence-corrected chi connectivity index (χ2v) is 8.67. The first kappa shape index (κ1) is 26.8. The third kappa shape index (κ3) is 7.29. The molecule has 0 radical (unpaired) electrons. The van der Waals surface area contributed by atoms with E-state index in [4.69, 9.17) is 5.73 Å².